The number of amides is 2. The fraction of sp³-hybridized carbons (Fsp3) is 0.400. The zero-order valence-corrected chi connectivity index (χ0v) is 17.3. The summed E-state index contributed by atoms with van der Waals surface area (Å²) >= 11 is 0. The lowest BCUT2D eigenvalue weighted by Crippen LogP contribution is -2.30. The van der Waals surface area contributed by atoms with Crippen LogP contribution in [0.1, 0.15) is 82.9 Å². The van der Waals surface area contributed by atoms with Crippen molar-refractivity contribution >= 4 is 11.8 Å². The van der Waals surface area contributed by atoms with Crippen LogP contribution in [-0.4, -0.2) is 32.1 Å². The summed E-state index contributed by atoms with van der Waals surface area (Å²) in [7, 11) is 0. The topological polar surface area (TPSA) is 136 Å². The number of hydrogen-bond acceptors (Lipinski definition) is 8. The molecule has 1 aromatic carbocycles. The number of nitrogens with one attached hydrogen (secondary N) is 2. The molecule has 2 heterocycles. The lowest BCUT2D eigenvalue weighted by atomic mass is 10.1. The highest BCUT2D eigenvalue weighted by molar-refractivity contribution is 5.98. The van der Waals surface area contributed by atoms with E-state index in [1.807, 2.05) is 13.8 Å². The van der Waals surface area contributed by atoms with Gasteiger partial charge < -0.3 is 19.7 Å². The van der Waals surface area contributed by atoms with Gasteiger partial charge >= 0.3 is 0 Å². The summed E-state index contributed by atoms with van der Waals surface area (Å²) in [5, 5.41) is 13.5. The highest BCUT2D eigenvalue weighted by Gasteiger charge is 2.21. The van der Waals surface area contributed by atoms with Crippen molar-refractivity contribution in [3.63, 3.8) is 0 Å². The summed E-state index contributed by atoms with van der Waals surface area (Å²) in [5.41, 5.74) is 0.845. The number of carbonyl (C=O) groups excluding carboxylic acids is 2. The van der Waals surface area contributed by atoms with E-state index in [0.29, 0.717) is 47.4 Å². The first-order chi connectivity index (χ1) is 14.4. The minimum absolute atomic E-state index is 0.287. The van der Waals surface area contributed by atoms with Gasteiger partial charge in [0.2, 0.25) is 11.8 Å². The Bertz CT molecular complexity index is 929. The van der Waals surface area contributed by atoms with Crippen LogP contribution in [0.5, 0.6) is 0 Å². The largest absolute Gasteiger partial charge is 0.342 e. The molecule has 0 fully saturated rings. The van der Waals surface area contributed by atoms with Crippen LogP contribution in [0.3, 0.4) is 0 Å². The SMILES string of the molecule is CCC(NC(=O)c1ccc(C(=O)NC(CC)c2noc(C)n2)cc1)c1noc(C)n1. The number of carbonyl (C=O) groups is 2. The van der Waals surface area contributed by atoms with Gasteiger partial charge in [0.05, 0.1) is 12.1 Å². The van der Waals surface area contributed by atoms with E-state index in [1.54, 1.807) is 38.1 Å². The molecule has 2 amide bonds. The highest BCUT2D eigenvalue weighted by atomic mass is 16.5. The summed E-state index contributed by atoms with van der Waals surface area (Å²) in [6.07, 6.45) is 1.22. The Balaban J connectivity index is 1.64. The van der Waals surface area contributed by atoms with E-state index in [-0.39, 0.29) is 23.9 Å². The summed E-state index contributed by atoms with van der Waals surface area (Å²) in [6.45, 7) is 7.22. The Morgan fingerprint density at radius 3 is 1.43 bits per heavy atom. The van der Waals surface area contributed by atoms with Gasteiger partial charge in [-0.25, -0.2) is 0 Å². The van der Waals surface area contributed by atoms with E-state index in [0.717, 1.165) is 0 Å². The van der Waals surface area contributed by atoms with Gasteiger partial charge in [-0.2, -0.15) is 9.97 Å². The molecule has 30 heavy (non-hydrogen) atoms. The van der Waals surface area contributed by atoms with Crippen molar-refractivity contribution in [1.82, 2.24) is 30.9 Å². The van der Waals surface area contributed by atoms with Crippen LogP contribution in [0.2, 0.25) is 0 Å². The third-order valence-electron chi connectivity index (χ3n) is 4.55. The Hall–Kier alpha value is -3.56. The first-order valence-electron chi connectivity index (χ1n) is 9.73. The minimum atomic E-state index is -0.360. The molecule has 2 aromatic heterocycles. The smallest absolute Gasteiger partial charge is 0.251 e. The molecular weight excluding hydrogens is 388 g/mol. The normalized spacial score (nSPS) is 12.9. The van der Waals surface area contributed by atoms with Crippen LogP contribution in [0.4, 0.5) is 0 Å². The maximum atomic E-state index is 12.6. The van der Waals surface area contributed by atoms with Crippen LogP contribution < -0.4 is 10.6 Å². The van der Waals surface area contributed by atoms with E-state index in [9.17, 15) is 9.59 Å². The average molecular weight is 412 g/mol. The molecule has 2 unspecified atom stereocenters. The molecule has 0 aliphatic heterocycles. The van der Waals surface area contributed by atoms with Crippen LogP contribution >= 0.6 is 0 Å². The molecule has 0 spiro atoms. The van der Waals surface area contributed by atoms with Crippen molar-refractivity contribution in [1.29, 1.82) is 0 Å². The fourth-order valence-electron chi connectivity index (χ4n) is 2.87. The molecule has 2 atom stereocenters. The van der Waals surface area contributed by atoms with Crippen LogP contribution in [-0.2, 0) is 0 Å². The third kappa shape index (κ3) is 4.88. The van der Waals surface area contributed by atoms with Crippen LogP contribution in [0, 0.1) is 13.8 Å². The first-order valence-corrected chi connectivity index (χ1v) is 9.73. The molecule has 0 saturated carbocycles. The van der Waals surface area contributed by atoms with Gasteiger partial charge in [-0.1, -0.05) is 24.2 Å². The van der Waals surface area contributed by atoms with E-state index < -0.39 is 0 Å². The summed E-state index contributed by atoms with van der Waals surface area (Å²) < 4.78 is 9.96. The lowest BCUT2D eigenvalue weighted by Gasteiger charge is -2.14. The second kappa shape index (κ2) is 9.29. The highest BCUT2D eigenvalue weighted by Crippen LogP contribution is 2.16. The predicted molar refractivity (Wildman–Crippen MR) is 106 cm³/mol. The van der Waals surface area contributed by atoms with E-state index in [2.05, 4.69) is 30.9 Å². The standard InChI is InChI=1S/C20H24N6O4/c1-5-15(17-21-11(3)29-25-17)23-19(27)13-7-9-14(10-8-13)20(28)24-16(6-2)18-22-12(4)30-26-18/h7-10,15-16H,5-6H2,1-4H3,(H,23,27)(H,24,28). The molecule has 3 rings (SSSR count). The maximum Gasteiger partial charge on any atom is 0.251 e. The molecule has 158 valence electrons. The van der Waals surface area contributed by atoms with E-state index in [1.165, 1.54) is 0 Å². The van der Waals surface area contributed by atoms with Gasteiger partial charge in [0.1, 0.15) is 0 Å². The van der Waals surface area contributed by atoms with Crippen LogP contribution in [0.15, 0.2) is 33.3 Å². The number of nitrogens with zero attached hydrogens (tertiary/aromatic N) is 4. The van der Waals surface area contributed by atoms with Crippen LogP contribution in [0.25, 0.3) is 0 Å². The van der Waals surface area contributed by atoms with Gasteiger partial charge in [0.25, 0.3) is 11.8 Å². The zero-order chi connectivity index (χ0) is 21.7. The fourth-order valence-corrected chi connectivity index (χ4v) is 2.87. The average Bonchev–Trinajstić information content (AvgIpc) is 3.38. The van der Waals surface area contributed by atoms with Crippen molar-refractivity contribution in [2.75, 3.05) is 0 Å². The van der Waals surface area contributed by atoms with Gasteiger partial charge in [0, 0.05) is 25.0 Å². The molecule has 2 N–H and O–H groups in total. The number of aryl methyl sites for hydroxylation is 2. The molecular formula is C20H24N6O4. The zero-order valence-electron chi connectivity index (χ0n) is 17.3. The molecule has 0 radical (unpaired) electrons. The number of hydrogen-bond donors (Lipinski definition) is 2. The molecule has 0 aliphatic carbocycles. The van der Waals surface area contributed by atoms with Crippen molar-refractivity contribution in [3.8, 4) is 0 Å². The Morgan fingerprint density at radius 1 is 0.800 bits per heavy atom. The Kier molecular flexibility index (Phi) is 6.55. The van der Waals surface area contributed by atoms with Crippen molar-refractivity contribution in [2.45, 2.75) is 52.6 Å². The van der Waals surface area contributed by atoms with Gasteiger partial charge in [-0.05, 0) is 37.1 Å². The molecule has 0 bridgehead atoms. The maximum absolute atomic E-state index is 12.6. The first kappa shape index (κ1) is 21.2. The number of rotatable bonds is 8. The van der Waals surface area contributed by atoms with Gasteiger partial charge in [-0.15, -0.1) is 0 Å². The van der Waals surface area contributed by atoms with Crippen molar-refractivity contribution in [3.05, 3.63) is 58.8 Å². The lowest BCUT2D eigenvalue weighted by molar-refractivity contribution is 0.0921. The summed E-state index contributed by atoms with van der Waals surface area (Å²) in [5.74, 6) is 1.17. The monoisotopic (exact) mass is 412 g/mol. The molecule has 0 aliphatic rings. The second-order valence-corrected chi connectivity index (χ2v) is 6.79. The van der Waals surface area contributed by atoms with E-state index >= 15 is 0 Å². The predicted octanol–water partition coefficient (Wildman–Crippen LogP) is 2.83. The van der Waals surface area contributed by atoms with Crippen molar-refractivity contribution in [2.24, 2.45) is 0 Å². The van der Waals surface area contributed by atoms with Gasteiger partial charge in [-0.3, -0.25) is 9.59 Å². The molecule has 10 heteroatoms. The van der Waals surface area contributed by atoms with Gasteiger partial charge in [0.15, 0.2) is 11.6 Å². The minimum Gasteiger partial charge on any atom is -0.342 e. The molecule has 10 nitrogen and oxygen atoms in total. The number of benzene rings is 1. The Labute approximate surface area is 173 Å². The third-order valence-corrected chi connectivity index (χ3v) is 4.55. The quantitative estimate of drug-likeness (QED) is 0.576. The Morgan fingerprint density at radius 2 is 1.17 bits per heavy atom. The second-order valence-electron chi connectivity index (χ2n) is 6.79. The summed E-state index contributed by atoms with van der Waals surface area (Å²) in [4.78, 5) is 33.5. The summed E-state index contributed by atoms with van der Waals surface area (Å²) in [6, 6.07) is 5.66. The number of aromatic nitrogens is 4. The van der Waals surface area contributed by atoms with Crippen molar-refractivity contribution < 1.29 is 18.6 Å². The molecule has 0 saturated heterocycles. The molecule has 3 aromatic rings. The van der Waals surface area contributed by atoms with E-state index in [4.69, 9.17) is 9.05 Å².